The lowest BCUT2D eigenvalue weighted by Crippen LogP contribution is -2.37. The molecular formula is C24H20FN7O2. The standard InChI is InChI=1S/C24H20FN7O2/c25-14-3-4-16-17(12-27-18(16)10-14)22(33)19-11-21(29-13-28-19)31-8-5-15(6-9-31)32-20-2-1-7-26-23(20)30-24(32)34/h1-4,7,10-13,15,27H,5-6,8-9H2,(H,26,30,34). The van der Waals surface area contributed by atoms with Gasteiger partial charge in [-0.15, -0.1) is 0 Å². The van der Waals surface area contributed by atoms with Crippen LogP contribution < -0.4 is 10.6 Å². The summed E-state index contributed by atoms with van der Waals surface area (Å²) in [7, 11) is 0. The van der Waals surface area contributed by atoms with E-state index in [2.05, 4.69) is 29.8 Å². The number of nitrogens with zero attached hydrogens (tertiary/aromatic N) is 5. The quantitative estimate of drug-likeness (QED) is 0.401. The van der Waals surface area contributed by atoms with E-state index in [1.165, 1.54) is 18.5 Å². The average Bonchev–Trinajstić information content (AvgIpc) is 3.43. The van der Waals surface area contributed by atoms with E-state index in [0.29, 0.717) is 41.0 Å². The molecule has 0 amide bonds. The average molecular weight is 457 g/mol. The van der Waals surface area contributed by atoms with Crippen molar-refractivity contribution < 1.29 is 9.18 Å². The van der Waals surface area contributed by atoms with E-state index in [1.54, 1.807) is 29.1 Å². The topological polar surface area (TPSA) is 113 Å². The van der Waals surface area contributed by atoms with Crippen LogP contribution in [0, 0.1) is 5.82 Å². The molecule has 9 nitrogen and oxygen atoms in total. The lowest BCUT2D eigenvalue weighted by molar-refractivity contribution is 0.103. The van der Waals surface area contributed by atoms with Crippen LogP contribution in [0.3, 0.4) is 0 Å². The van der Waals surface area contributed by atoms with Crippen LogP contribution in [0.5, 0.6) is 0 Å². The van der Waals surface area contributed by atoms with E-state index in [4.69, 9.17) is 0 Å². The number of carbonyl (C=O) groups is 1. The van der Waals surface area contributed by atoms with E-state index < -0.39 is 0 Å². The van der Waals surface area contributed by atoms with Crippen molar-refractivity contribution >= 4 is 33.7 Å². The van der Waals surface area contributed by atoms with Crippen LogP contribution in [-0.2, 0) is 0 Å². The fraction of sp³-hybridized carbons (Fsp3) is 0.208. The highest BCUT2D eigenvalue weighted by Gasteiger charge is 2.25. The molecule has 0 bridgehead atoms. The molecule has 1 aliphatic heterocycles. The highest BCUT2D eigenvalue weighted by molar-refractivity contribution is 6.15. The second-order valence-electron chi connectivity index (χ2n) is 8.37. The minimum Gasteiger partial charge on any atom is -0.360 e. The molecule has 1 aromatic carbocycles. The minimum absolute atomic E-state index is 0.0521. The van der Waals surface area contributed by atoms with Gasteiger partial charge in [0.05, 0.1) is 5.52 Å². The smallest absolute Gasteiger partial charge is 0.327 e. The van der Waals surface area contributed by atoms with Crippen LogP contribution in [0.2, 0.25) is 0 Å². The molecule has 1 fully saturated rings. The molecule has 0 saturated carbocycles. The third kappa shape index (κ3) is 3.35. The first-order valence-corrected chi connectivity index (χ1v) is 11.0. The van der Waals surface area contributed by atoms with Gasteiger partial charge in [0.1, 0.15) is 23.7 Å². The number of hydrogen-bond donors (Lipinski definition) is 2. The maximum absolute atomic E-state index is 13.5. The number of H-pyrrole nitrogens is 2. The van der Waals surface area contributed by atoms with Crippen LogP contribution in [-0.4, -0.2) is 48.4 Å². The summed E-state index contributed by atoms with van der Waals surface area (Å²) in [6, 6.07) is 9.74. The summed E-state index contributed by atoms with van der Waals surface area (Å²) in [5, 5.41) is 0.644. The predicted octanol–water partition coefficient (Wildman–Crippen LogP) is 3.21. The summed E-state index contributed by atoms with van der Waals surface area (Å²) < 4.78 is 15.3. The summed E-state index contributed by atoms with van der Waals surface area (Å²) in [5.74, 6) is 0.0390. The Morgan fingerprint density at radius 2 is 1.94 bits per heavy atom. The molecular weight excluding hydrogens is 437 g/mol. The summed E-state index contributed by atoms with van der Waals surface area (Å²) in [4.78, 5) is 46.3. The predicted molar refractivity (Wildman–Crippen MR) is 125 cm³/mol. The number of aromatic amines is 2. The van der Waals surface area contributed by atoms with Gasteiger partial charge in [0.25, 0.3) is 0 Å². The number of carbonyl (C=O) groups excluding carboxylic acids is 1. The Morgan fingerprint density at radius 3 is 2.79 bits per heavy atom. The maximum Gasteiger partial charge on any atom is 0.327 e. The van der Waals surface area contributed by atoms with Gasteiger partial charge >= 0.3 is 5.69 Å². The normalized spacial score (nSPS) is 14.8. The Balaban J connectivity index is 1.22. The van der Waals surface area contributed by atoms with Crippen LogP contribution in [0.1, 0.15) is 34.9 Å². The molecule has 6 rings (SSSR count). The molecule has 5 aromatic rings. The first kappa shape index (κ1) is 20.3. The van der Waals surface area contributed by atoms with Gasteiger partial charge in [0, 0.05) is 54.1 Å². The fourth-order valence-corrected chi connectivity index (χ4v) is 4.74. The number of imidazole rings is 1. The molecule has 2 N–H and O–H groups in total. The zero-order valence-electron chi connectivity index (χ0n) is 18.0. The highest BCUT2D eigenvalue weighted by atomic mass is 19.1. The number of pyridine rings is 1. The lowest BCUT2D eigenvalue weighted by atomic mass is 10.0. The monoisotopic (exact) mass is 457 g/mol. The molecule has 4 aromatic heterocycles. The number of hydrogen-bond acceptors (Lipinski definition) is 6. The number of halogens is 1. The van der Waals surface area contributed by atoms with Gasteiger partial charge in [-0.25, -0.2) is 24.1 Å². The molecule has 170 valence electrons. The second kappa shape index (κ2) is 7.91. The van der Waals surface area contributed by atoms with Gasteiger partial charge in [-0.1, -0.05) is 0 Å². The van der Waals surface area contributed by atoms with Crippen molar-refractivity contribution in [3.05, 3.63) is 82.7 Å². The maximum atomic E-state index is 13.5. The van der Waals surface area contributed by atoms with Crippen LogP contribution in [0.25, 0.3) is 22.1 Å². The number of nitrogens with one attached hydrogen (secondary N) is 2. The van der Waals surface area contributed by atoms with E-state index >= 15 is 0 Å². The van der Waals surface area contributed by atoms with Crippen molar-refractivity contribution in [2.45, 2.75) is 18.9 Å². The van der Waals surface area contributed by atoms with Crippen molar-refractivity contribution in [3.63, 3.8) is 0 Å². The van der Waals surface area contributed by atoms with E-state index in [-0.39, 0.29) is 29.0 Å². The third-order valence-electron chi connectivity index (χ3n) is 6.42. The van der Waals surface area contributed by atoms with Gasteiger partial charge in [-0.05, 0) is 43.2 Å². The minimum atomic E-state index is -0.368. The summed E-state index contributed by atoms with van der Waals surface area (Å²) in [5.41, 5.74) is 2.51. The zero-order chi connectivity index (χ0) is 23.2. The lowest BCUT2D eigenvalue weighted by Gasteiger charge is -2.33. The molecule has 10 heteroatoms. The van der Waals surface area contributed by atoms with E-state index in [0.717, 1.165) is 18.4 Å². The van der Waals surface area contributed by atoms with Gasteiger partial charge in [-0.2, -0.15) is 0 Å². The highest BCUT2D eigenvalue weighted by Crippen LogP contribution is 2.28. The molecule has 1 aliphatic rings. The Hall–Kier alpha value is -4.34. The van der Waals surface area contributed by atoms with Gasteiger partial charge in [0.2, 0.25) is 5.78 Å². The SMILES string of the molecule is O=C(c1cc(N2CCC(n3c(=O)[nH]c4ncccc43)CC2)ncn1)c1c[nH]c2cc(F)ccc12. The number of rotatable bonds is 4. The van der Waals surface area contributed by atoms with Crippen LogP contribution in [0.15, 0.2) is 59.9 Å². The van der Waals surface area contributed by atoms with Crippen molar-refractivity contribution in [2.75, 3.05) is 18.0 Å². The van der Waals surface area contributed by atoms with E-state index in [1.807, 2.05) is 12.1 Å². The Morgan fingerprint density at radius 1 is 1.09 bits per heavy atom. The molecule has 0 aliphatic carbocycles. The fourth-order valence-electron chi connectivity index (χ4n) is 4.74. The molecule has 1 saturated heterocycles. The summed E-state index contributed by atoms with van der Waals surface area (Å²) in [6.45, 7) is 1.36. The Kier molecular flexibility index (Phi) is 4.72. The second-order valence-corrected chi connectivity index (χ2v) is 8.37. The number of anilines is 1. The van der Waals surface area contributed by atoms with Crippen molar-refractivity contribution in [1.29, 1.82) is 0 Å². The van der Waals surface area contributed by atoms with Gasteiger partial charge in [0.15, 0.2) is 5.65 Å². The first-order valence-electron chi connectivity index (χ1n) is 11.0. The molecule has 0 unspecified atom stereocenters. The molecule has 0 spiro atoms. The van der Waals surface area contributed by atoms with Gasteiger partial charge in [-0.3, -0.25) is 14.3 Å². The Labute approximate surface area is 192 Å². The largest absolute Gasteiger partial charge is 0.360 e. The summed E-state index contributed by atoms with van der Waals surface area (Å²) >= 11 is 0. The van der Waals surface area contributed by atoms with E-state index in [9.17, 15) is 14.0 Å². The van der Waals surface area contributed by atoms with Crippen LogP contribution in [0.4, 0.5) is 10.2 Å². The number of piperidine rings is 1. The number of aromatic nitrogens is 6. The molecule has 0 atom stereocenters. The first-order chi connectivity index (χ1) is 16.6. The number of benzene rings is 1. The van der Waals surface area contributed by atoms with Crippen molar-refractivity contribution in [2.24, 2.45) is 0 Å². The summed E-state index contributed by atoms with van der Waals surface area (Å²) in [6.07, 6.45) is 6.13. The Bertz CT molecular complexity index is 1590. The van der Waals surface area contributed by atoms with Crippen molar-refractivity contribution in [3.8, 4) is 0 Å². The zero-order valence-corrected chi connectivity index (χ0v) is 18.0. The number of ketones is 1. The number of fused-ring (bicyclic) bond motifs is 2. The van der Waals surface area contributed by atoms with Crippen molar-refractivity contribution in [1.82, 2.24) is 29.5 Å². The molecule has 34 heavy (non-hydrogen) atoms. The molecule has 0 radical (unpaired) electrons. The third-order valence-corrected chi connectivity index (χ3v) is 6.42. The van der Waals surface area contributed by atoms with Gasteiger partial charge < -0.3 is 9.88 Å². The molecule has 5 heterocycles. The van der Waals surface area contributed by atoms with Crippen LogP contribution >= 0.6 is 0 Å².